The molecule has 2 aromatic rings. The van der Waals surface area contributed by atoms with Crippen LogP contribution in [-0.4, -0.2) is 62.5 Å². The molecule has 1 fully saturated rings. The Bertz CT molecular complexity index is 1090. The van der Waals surface area contributed by atoms with Crippen molar-refractivity contribution in [1.29, 1.82) is 0 Å². The number of hydrogen-bond donors (Lipinski definition) is 2. The maximum absolute atomic E-state index is 12.4. The van der Waals surface area contributed by atoms with Crippen molar-refractivity contribution in [2.24, 2.45) is 5.92 Å². The van der Waals surface area contributed by atoms with E-state index in [2.05, 4.69) is 10.6 Å². The molecule has 12 heteroatoms. The summed E-state index contributed by atoms with van der Waals surface area (Å²) in [5, 5.41) is 18.8. The average molecular weight is 481 g/mol. The van der Waals surface area contributed by atoms with E-state index in [0.717, 1.165) is 12.3 Å². The fourth-order valence-electron chi connectivity index (χ4n) is 3.47. The molecule has 172 valence electrons. The van der Waals surface area contributed by atoms with E-state index in [4.69, 9.17) is 0 Å². The van der Waals surface area contributed by atoms with Crippen molar-refractivity contribution in [3.63, 3.8) is 0 Å². The smallest absolute Gasteiger partial charge is 0.293 e. The van der Waals surface area contributed by atoms with Gasteiger partial charge >= 0.3 is 0 Å². The van der Waals surface area contributed by atoms with Crippen LogP contribution in [0.15, 0.2) is 40.6 Å². The Labute approximate surface area is 189 Å². The molecule has 1 saturated heterocycles. The molecule has 1 aromatic heterocycles. The van der Waals surface area contributed by atoms with Gasteiger partial charge in [0.05, 0.1) is 14.7 Å². The number of carbonyl (C=O) groups is 2. The highest BCUT2D eigenvalue weighted by Gasteiger charge is 2.28. The van der Waals surface area contributed by atoms with Crippen molar-refractivity contribution in [1.82, 2.24) is 10.2 Å². The average Bonchev–Trinajstić information content (AvgIpc) is 3.30. The van der Waals surface area contributed by atoms with Crippen molar-refractivity contribution < 1.29 is 22.9 Å². The Balaban J connectivity index is 1.46. The van der Waals surface area contributed by atoms with Crippen LogP contribution in [0.3, 0.4) is 0 Å². The maximum atomic E-state index is 12.4. The molecular weight excluding hydrogens is 456 g/mol. The second-order valence-corrected chi connectivity index (χ2v) is 10.4. The van der Waals surface area contributed by atoms with E-state index in [9.17, 15) is 28.1 Å². The molecule has 0 unspecified atom stereocenters. The van der Waals surface area contributed by atoms with Gasteiger partial charge < -0.3 is 15.5 Å². The lowest BCUT2D eigenvalue weighted by Gasteiger charge is -2.31. The molecule has 0 saturated carbocycles. The molecule has 10 nitrogen and oxygen atoms in total. The highest BCUT2D eigenvalue weighted by Crippen LogP contribution is 2.27. The predicted molar refractivity (Wildman–Crippen MR) is 121 cm³/mol. The van der Waals surface area contributed by atoms with Gasteiger partial charge in [0.2, 0.25) is 5.91 Å². The zero-order valence-electron chi connectivity index (χ0n) is 17.4. The molecule has 32 heavy (non-hydrogen) atoms. The number of likely N-dealkylation sites (tertiary alicyclic amines) is 1. The molecular formula is C20H24N4O6S2. The molecule has 1 aliphatic heterocycles. The summed E-state index contributed by atoms with van der Waals surface area (Å²) in [4.78, 5) is 37.8. The molecule has 3 rings (SSSR count). The number of sulfone groups is 1. The number of hydrogen-bond acceptors (Lipinski definition) is 8. The monoisotopic (exact) mass is 480 g/mol. The van der Waals surface area contributed by atoms with Crippen LogP contribution in [0.2, 0.25) is 0 Å². The number of thiophene rings is 1. The first-order valence-electron chi connectivity index (χ1n) is 9.99. The minimum atomic E-state index is -3.56. The predicted octanol–water partition coefficient (Wildman–Crippen LogP) is 2.14. The van der Waals surface area contributed by atoms with Gasteiger partial charge in [-0.3, -0.25) is 19.7 Å². The van der Waals surface area contributed by atoms with Gasteiger partial charge in [-0.05, 0) is 36.4 Å². The first-order chi connectivity index (χ1) is 15.2. The van der Waals surface area contributed by atoms with Crippen LogP contribution in [0.1, 0.15) is 22.5 Å². The third-order valence-electron chi connectivity index (χ3n) is 5.22. The van der Waals surface area contributed by atoms with E-state index < -0.39 is 14.8 Å². The van der Waals surface area contributed by atoms with Crippen molar-refractivity contribution in [3.05, 3.63) is 50.7 Å². The highest BCUT2D eigenvalue weighted by molar-refractivity contribution is 7.90. The van der Waals surface area contributed by atoms with Gasteiger partial charge in [0.1, 0.15) is 5.69 Å². The normalized spacial score (nSPS) is 14.7. The lowest BCUT2D eigenvalue weighted by atomic mass is 9.96. The standard InChI is InChI=1S/C20H24N4O6S2/c1-32(29,30)15-4-5-16(17(13-15)24(27)28)21-8-9-22-19(25)14-6-10-23(11-7-14)20(26)18-3-2-12-31-18/h2-5,12-14,21H,6-11H2,1H3,(H,22,25). The van der Waals surface area contributed by atoms with E-state index in [1.807, 2.05) is 11.4 Å². The SMILES string of the molecule is CS(=O)(=O)c1ccc(NCCNC(=O)C2CCN(C(=O)c3cccs3)CC2)c([N+](=O)[O-])c1. The van der Waals surface area contributed by atoms with Gasteiger partial charge in [-0.25, -0.2) is 8.42 Å². The highest BCUT2D eigenvalue weighted by atomic mass is 32.2. The molecule has 0 radical (unpaired) electrons. The topological polar surface area (TPSA) is 139 Å². The molecule has 1 aromatic carbocycles. The molecule has 0 aliphatic carbocycles. The van der Waals surface area contributed by atoms with Crippen molar-refractivity contribution in [3.8, 4) is 0 Å². The Morgan fingerprint density at radius 2 is 1.94 bits per heavy atom. The van der Waals surface area contributed by atoms with Gasteiger partial charge in [0.25, 0.3) is 11.6 Å². The number of anilines is 1. The third-order valence-corrected chi connectivity index (χ3v) is 7.19. The number of nitrogens with one attached hydrogen (secondary N) is 2. The molecule has 2 amide bonds. The summed E-state index contributed by atoms with van der Waals surface area (Å²) >= 11 is 1.40. The minimum Gasteiger partial charge on any atom is -0.378 e. The first-order valence-corrected chi connectivity index (χ1v) is 12.8. The number of nitro groups is 1. The summed E-state index contributed by atoms with van der Waals surface area (Å²) in [7, 11) is -3.56. The molecule has 0 spiro atoms. The number of benzene rings is 1. The summed E-state index contributed by atoms with van der Waals surface area (Å²) in [6.45, 7) is 1.52. The van der Waals surface area contributed by atoms with Gasteiger partial charge in [0, 0.05) is 44.4 Å². The molecule has 0 bridgehead atoms. The van der Waals surface area contributed by atoms with Crippen LogP contribution < -0.4 is 10.6 Å². The van der Waals surface area contributed by atoms with Crippen molar-refractivity contribution in [2.45, 2.75) is 17.7 Å². The summed E-state index contributed by atoms with van der Waals surface area (Å²) < 4.78 is 23.2. The number of amides is 2. The van der Waals surface area contributed by atoms with Gasteiger partial charge in [0.15, 0.2) is 9.84 Å². The Kier molecular flexibility index (Phi) is 7.46. The quantitative estimate of drug-likeness (QED) is 0.335. The van der Waals surface area contributed by atoms with Crippen molar-refractivity contribution in [2.75, 3.05) is 37.8 Å². The number of carbonyl (C=O) groups excluding carboxylic acids is 2. The fraction of sp³-hybridized carbons (Fsp3) is 0.400. The first kappa shape index (κ1) is 23.7. The second kappa shape index (κ2) is 10.1. The number of rotatable bonds is 8. The van der Waals surface area contributed by atoms with Gasteiger partial charge in [-0.1, -0.05) is 6.07 Å². The summed E-state index contributed by atoms with van der Waals surface area (Å²) in [6, 6.07) is 7.28. The Morgan fingerprint density at radius 1 is 1.22 bits per heavy atom. The van der Waals surface area contributed by atoms with E-state index in [1.165, 1.54) is 23.5 Å². The summed E-state index contributed by atoms with van der Waals surface area (Å²) in [6.07, 6.45) is 2.14. The van der Waals surface area contributed by atoms with Crippen LogP contribution in [-0.2, 0) is 14.6 Å². The second-order valence-electron chi connectivity index (χ2n) is 7.47. The molecule has 1 aliphatic rings. The van der Waals surface area contributed by atoms with Crippen LogP contribution >= 0.6 is 11.3 Å². The summed E-state index contributed by atoms with van der Waals surface area (Å²) in [5.41, 5.74) is -0.168. The largest absolute Gasteiger partial charge is 0.378 e. The molecule has 2 N–H and O–H groups in total. The zero-order valence-corrected chi connectivity index (χ0v) is 19.1. The van der Waals surface area contributed by atoms with Crippen molar-refractivity contribution >= 4 is 44.4 Å². The number of nitrogens with zero attached hydrogens (tertiary/aromatic N) is 2. The zero-order chi connectivity index (χ0) is 23.3. The van der Waals surface area contributed by atoms with Gasteiger partial charge in [-0.2, -0.15) is 0 Å². The van der Waals surface area contributed by atoms with Crippen LogP contribution in [0.5, 0.6) is 0 Å². The number of nitro benzene ring substituents is 1. The van der Waals surface area contributed by atoms with Crippen LogP contribution in [0.4, 0.5) is 11.4 Å². The van der Waals surface area contributed by atoms with Crippen LogP contribution in [0, 0.1) is 16.0 Å². The summed E-state index contributed by atoms with van der Waals surface area (Å²) in [5.74, 6) is -0.311. The minimum absolute atomic E-state index is 0.00783. The van der Waals surface area contributed by atoms with Gasteiger partial charge in [-0.15, -0.1) is 11.3 Å². The van der Waals surface area contributed by atoms with E-state index in [1.54, 1.807) is 11.0 Å². The number of piperidine rings is 1. The molecule has 2 heterocycles. The van der Waals surface area contributed by atoms with Crippen LogP contribution in [0.25, 0.3) is 0 Å². The fourth-order valence-corrected chi connectivity index (χ4v) is 4.80. The van der Waals surface area contributed by atoms with E-state index in [-0.39, 0.29) is 47.1 Å². The molecule has 0 atom stereocenters. The Hall–Kier alpha value is -2.99. The van der Waals surface area contributed by atoms with E-state index in [0.29, 0.717) is 30.8 Å². The third kappa shape index (κ3) is 5.82. The lowest BCUT2D eigenvalue weighted by molar-refractivity contribution is -0.384. The van der Waals surface area contributed by atoms with E-state index >= 15 is 0 Å². The maximum Gasteiger partial charge on any atom is 0.293 e. The Morgan fingerprint density at radius 3 is 2.53 bits per heavy atom. The lowest BCUT2D eigenvalue weighted by Crippen LogP contribution is -2.43.